The number of nitrogens with zero attached hydrogens (tertiary/aromatic N) is 1. The molecule has 0 fully saturated rings. The van der Waals surface area contributed by atoms with Crippen molar-refractivity contribution < 1.29 is 22.8 Å². The Bertz CT molecular complexity index is 1080. The molecule has 0 radical (unpaired) electrons. The zero-order valence-electron chi connectivity index (χ0n) is 14.7. The van der Waals surface area contributed by atoms with Crippen molar-refractivity contribution >= 4 is 21.4 Å². The Balaban J connectivity index is 1.73. The Labute approximate surface area is 161 Å². The predicted octanol–water partition coefficient (Wildman–Crippen LogP) is 4.20. The van der Waals surface area contributed by atoms with E-state index in [-0.39, 0.29) is 10.6 Å². The van der Waals surface area contributed by atoms with Gasteiger partial charge in [0.15, 0.2) is 11.5 Å². The van der Waals surface area contributed by atoms with Gasteiger partial charge in [-0.05, 0) is 48.5 Å². The van der Waals surface area contributed by atoms with Crippen LogP contribution in [-0.4, -0.2) is 20.5 Å². The monoisotopic (exact) mass is 400 g/mol. The molecule has 28 heavy (non-hydrogen) atoms. The average Bonchev–Trinajstić information content (AvgIpc) is 2.70. The van der Waals surface area contributed by atoms with Gasteiger partial charge in [0.05, 0.1) is 16.9 Å². The Kier molecular flexibility index (Phi) is 5.46. The Morgan fingerprint density at radius 3 is 2.07 bits per heavy atom. The summed E-state index contributed by atoms with van der Waals surface area (Å²) in [6.07, 6.45) is 0. The Morgan fingerprint density at radius 1 is 0.893 bits per heavy atom. The summed E-state index contributed by atoms with van der Waals surface area (Å²) in [6, 6.07) is 18.1. The van der Waals surface area contributed by atoms with Crippen molar-refractivity contribution in [3.8, 4) is 17.2 Å². The highest BCUT2D eigenvalue weighted by Crippen LogP contribution is 2.31. The van der Waals surface area contributed by atoms with Gasteiger partial charge in [0.1, 0.15) is 5.75 Å². The van der Waals surface area contributed by atoms with Crippen LogP contribution in [0.25, 0.3) is 0 Å². The van der Waals surface area contributed by atoms with Gasteiger partial charge >= 0.3 is 0 Å². The van der Waals surface area contributed by atoms with E-state index in [9.17, 15) is 18.5 Å². The van der Waals surface area contributed by atoms with E-state index in [4.69, 9.17) is 9.47 Å². The molecular weight excluding hydrogens is 384 g/mol. The molecular formula is C19H16N2O6S. The molecule has 0 atom stereocenters. The molecule has 0 aliphatic carbocycles. The van der Waals surface area contributed by atoms with Crippen molar-refractivity contribution in [1.82, 2.24) is 0 Å². The third kappa shape index (κ3) is 4.38. The number of hydrogen-bond donors (Lipinski definition) is 1. The molecule has 0 heterocycles. The SMILES string of the molecule is COc1ccccc1Oc1ccc(NS(=O)(=O)c2ccc([N+](=O)[O-])cc2)cc1. The van der Waals surface area contributed by atoms with Crippen LogP contribution < -0.4 is 14.2 Å². The summed E-state index contributed by atoms with van der Waals surface area (Å²) >= 11 is 0. The van der Waals surface area contributed by atoms with Crippen molar-refractivity contribution in [3.63, 3.8) is 0 Å². The van der Waals surface area contributed by atoms with E-state index in [0.717, 1.165) is 12.1 Å². The number of non-ortho nitro benzene ring substituents is 1. The fourth-order valence-corrected chi connectivity index (χ4v) is 3.44. The van der Waals surface area contributed by atoms with E-state index in [1.165, 1.54) is 19.2 Å². The van der Waals surface area contributed by atoms with Crippen molar-refractivity contribution in [3.05, 3.63) is 82.9 Å². The quantitative estimate of drug-likeness (QED) is 0.470. The molecule has 8 nitrogen and oxygen atoms in total. The third-order valence-corrected chi connectivity index (χ3v) is 5.16. The number of nitro benzene ring substituents is 1. The van der Waals surface area contributed by atoms with E-state index in [2.05, 4.69) is 4.72 Å². The number of anilines is 1. The zero-order valence-corrected chi connectivity index (χ0v) is 15.5. The molecule has 3 aromatic carbocycles. The second-order valence-corrected chi connectivity index (χ2v) is 7.32. The van der Waals surface area contributed by atoms with Gasteiger partial charge in [-0.25, -0.2) is 8.42 Å². The van der Waals surface area contributed by atoms with Crippen LogP contribution in [0.2, 0.25) is 0 Å². The van der Waals surface area contributed by atoms with Crippen LogP contribution in [-0.2, 0) is 10.0 Å². The summed E-state index contributed by atoms with van der Waals surface area (Å²) in [7, 11) is -2.33. The molecule has 0 aliphatic rings. The van der Waals surface area contributed by atoms with Crippen LogP contribution in [0.15, 0.2) is 77.7 Å². The molecule has 0 unspecified atom stereocenters. The maximum Gasteiger partial charge on any atom is 0.269 e. The molecule has 0 aromatic heterocycles. The molecule has 0 aliphatic heterocycles. The lowest BCUT2D eigenvalue weighted by atomic mass is 10.3. The van der Waals surface area contributed by atoms with Crippen LogP contribution in [0.4, 0.5) is 11.4 Å². The third-order valence-electron chi connectivity index (χ3n) is 3.76. The Hall–Kier alpha value is -3.59. The normalized spacial score (nSPS) is 10.9. The molecule has 3 rings (SSSR count). The highest BCUT2D eigenvalue weighted by molar-refractivity contribution is 7.92. The lowest BCUT2D eigenvalue weighted by Gasteiger charge is -2.11. The fraction of sp³-hybridized carbons (Fsp3) is 0.0526. The topological polar surface area (TPSA) is 108 Å². The van der Waals surface area contributed by atoms with Gasteiger partial charge < -0.3 is 9.47 Å². The first-order chi connectivity index (χ1) is 13.4. The van der Waals surface area contributed by atoms with Gasteiger partial charge in [-0.15, -0.1) is 0 Å². The van der Waals surface area contributed by atoms with E-state index in [1.807, 2.05) is 12.1 Å². The molecule has 0 bridgehead atoms. The first-order valence-corrected chi connectivity index (χ1v) is 9.55. The number of methoxy groups -OCH3 is 1. The largest absolute Gasteiger partial charge is 0.493 e. The number of benzene rings is 3. The molecule has 1 N–H and O–H groups in total. The van der Waals surface area contributed by atoms with Crippen LogP contribution in [0.3, 0.4) is 0 Å². The first kappa shape index (κ1) is 19.2. The van der Waals surface area contributed by atoms with Crippen molar-refractivity contribution in [1.29, 1.82) is 0 Å². The second-order valence-electron chi connectivity index (χ2n) is 5.63. The minimum absolute atomic E-state index is 0.0764. The number of hydrogen-bond acceptors (Lipinski definition) is 6. The number of nitrogens with one attached hydrogen (secondary N) is 1. The predicted molar refractivity (Wildman–Crippen MR) is 103 cm³/mol. The molecule has 0 spiro atoms. The van der Waals surface area contributed by atoms with Crippen molar-refractivity contribution in [2.75, 3.05) is 11.8 Å². The minimum atomic E-state index is -3.87. The highest BCUT2D eigenvalue weighted by atomic mass is 32.2. The van der Waals surface area contributed by atoms with Crippen LogP contribution >= 0.6 is 0 Å². The minimum Gasteiger partial charge on any atom is -0.493 e. The molecule has 3 aromatic rings. The zero-order chi connectivity index (χ0) is 20.1. The van der Waals surface area contributed by atoms with Gasteiger partial charge in [-0.1, -0.05) is 12.1 Å². The molecule has 144 valence electrons. The summed E-state index contributed by atoms with van der Waals surface area (Å²) < 4.78 is 38.2. The van der Waals surface area contributed by atoms with Gasteiger partial charge in [0.25, 0.3) is 15.7 Å². The Morgan fingerprint density at radius 2 is 1.50 bits per heavy atom. The van der Waals surface area contributed by atoms with Crippen molar-refractivity contribution in [2.24, 2.45) is 0 Å². The fourth-order valence-electron chi connectivity index (χ4n) is 2.38. The second kappa shape index (κ2) is 7.97. The van der Waals surface area contributed by atoms with Crippen molar-refractivity contribution in [2.45, 2.75) is 4.90 Å². The van der Waals surface area contributed by atoms with Crippen LogP contribution in [0.5, 0.6) is 17.2 Å². The number of nitro groups is 1. The summed E-state index contributed by atoms with van der Waals surface area (Å²) in [4.78, 5) is 10.0. The molecule has 0 amide bonds. The summed E-state index contributed by atoms with van der Waals surface area (Å²) in [5.74, 6) is 1.61. The smallest absolute Gasteiger partial charge is 0.269 e. The summed E-state index contributed by atoms with van der Waals surface area (Å²) in [6.45, 7) is 0. The average molecular weight is 400 g/mol. The van der Waals surface area contributed by atoms with Crippen LogP contribution in [0.1, 0.15) is 0 Å². The van der Waals surface area contributed by atoms with Crippen LogP contribution in [0, 0.1) is 10.1 Å². The van der Waals surface area contributed by atoms with E-state index in [1.54, 1.807) is 36.4 Å². The molecule has 0 saturated heterocycles. The highest BCUT2D eigenvalue weighted by Gasteiger charge is 2.16. The summed E-state index contributed by atoms with van der Waals surface area (Å²) in [5, 5.41) is 10.7. The van der Waals surface area contributed by atoms with Gasteiger partial charge in [-0.2, -0.15) is 0 Å². The lowest BCUT2D eigenvalue weighted by molar-refractivity contribution is -0.384. The van der Waals surface area contributed by atoms with E-state index < -0.39 is 14.9 Å². The standard InChI is InChI=1S/C19H16N2O6S/c1-26-18-4-2-3-5-19(18)27-16-10-6-14(7-11-16)20-28(24,25)17-12-8-15(9-13-17)21(22)23/h2-13,20H,1H3. The molecule has 0 saturated carbocycles. The summed E-state index contributed by atoms with van der Waals surface area (Å²) in [5.41, 5.74) is 0.141. The van der Waals surface area contributed by atoms with Gasteiger partial charge in [0.2, 0.25) is 0 Å². The van der Waals surface area contributed by atoms with E-state index in [0.29, 0.717) is 22.9 Å². The number of ether oxygens (including phenoxy) is 2. The maximum absolute atomic E-state index is 12.4. The van der Waals surface area contributed by atoms with E-state index >= 15 is 0 Å². The lowest BCUT2D eigenvalue weighted by Crippen LogP contribution is -2.12. The van der Waals surface area contributed by atoms with Gasteiger partial charge in [0, 0.05) is 17.8 Å². The number of sulfonamides is 1. The van der Waals surface area contributed by atoms with Gasteiger partial charge in [-0.3, -0.25) is 14.8 Å². The number of rotatable bonds is 7. The first-order valence-electron chi connectivity index (χ1n) is 8.07. The number of para-hydroxylation sites is 2. The molecule has 9 heteroatoms. The maximum atomic E-state index is 12.4.